The van der Waals surface area contributed by atoms with Gasteiger partial charge in [-0.3, -0.25) is 9.48 Å². The predicted molar refractivity (Wildman–Crippen MR) is 106 cm³/mol. The average molecular weight is 399 g/mol. The summed E-state index contributed by atoms with van der Waals surface area (Å²) in [6.07, 6.45) is 1.43. The lowest BCUT2D eigenvalue weighted by molar-refractivity contribution is 0.0693. The van der Waals surface area contributed by atoms with Gasteiger partial charge in [0, 0.05) is 17.6 Å². The van der Waals surface area contributed by atoms with Crippen molar-refractivity contribution in [2.24, 2.45) is 5.41 Å². The zero-order valence-electron chi connectivity index (χ0n) is 16.5. The molecule has 0 fully saturated rings. The zero-order chi connectivity index (χ0) is 20.9. The van der Waals surface area contributed by atoms with E-state index in [1.54, 1.807) is 12.1 Å². The van der Waals surface area contributed by atoms with Gasteiger partial charge in [0.25, 0.3) is 0 Å². The minimum absolute atomic E-state index is 0.0655. The molecule has 1 N–H and O–H groups in total. The topological polar surface area (TPSA) is 86.3 Å². The molecule has 0 amide bonds. The average Bonchev–Trinajstić information content (AvgIpc) is 3.03. The van der Waals surface area contributed by atoms with Crippen molar-refractivity contribution in [1.82, 2.24) is 14.3 Å². The van der Waals surface area contributed by atoms with Crippen LogP contribution in [0.2, 0.25) is 0 Å². The molecule has 7 nitrogen and oxygen atoms in total. The summed E-state index contributed by atoms with van der Waals surface area (Å²) < 4.78 is 21.8. The number of pyridine rings is 1. The zero-order valence-corrected chi connectivity index (χ0v) is 16.5. The molecule has 1 unspecified atom stereocenters. The molecule has 1 aliphatic rings. The number of nitrogens with zero attached hydrogens (tertiary/aromatic N) is 3. The van der Waals surface area contributed by atoms with Crippen molar-refractivity contribution in [2.45, 2.75) is 33.4 Å². The van der Waals surface area contributed by atoms with E-state index in [1.165, 1.54) is 12.3 Å². The highest BCUT2D eigenvalue weighted by Gasteiger charge is 2.35. The Kier molecular flexibility index (Phi) is 4.44. The number of hydrogen-bond acceptors (Lipinski definition) is 4. The molecule has 1 aromatic carbocycles. The number of benzene rings is 1. The van der Waals surface area contributed by atoms with Crippen molar-refractivity contribution in [3.63, 3.8) is 0 Å². The number of aromatic nitrogens is 3. The van der Waals surface area contributed by atoms with Gasteiger partial charge in [0.1, 0.15) is 30.1 Å². The molecule has 3 aromatic rings. The van der Waals surface area contributed by atoms with Crippen LogP contribution in [0.25, 0.3) is 22.3 Å². The number of carboxylic acids is 1. The van der Waals surface area contributed by atoms with E-state index in [1.807, 2.05) is 15.3 Å². The first-order chi connectivity index (χ1) is 13.7. The molecule has 29 heavy (non-hydrogen) atoms. The van der Waals surface area contributed by atoms with E-state index in [-0.39, 0.29) is 23.6 Å². The summed E-state index contributed by atoms with van der Waals surface area (Å²) in [6.45, 7) is 6.01. The van der Waals surface area contributed by atoms with Gasteiger partial charge in [-0.2, -0.15) is 5.10 Å². The molecule has 3 heterocycles. The quantitative estimate of drug-likeness (QED) is 0.726. The van der Waals surface area contributed by atoms with E-state index >= 15 is 0 Å². The number of ether oxygens (including phenoxy) is 1. The van der Waals surface area contributed by atoms with Gasteiger partial charge in [-0.05, 0) is 11.5 Å². The maximum Gasteiger partial charge on any atom is 0.341 e. The fraction of sp³-hybridized carbons (Fsp3) is 0.381. The van der Waals surface area contributed by atoms with Crippen LogP contribution < -0.4 is 10.2 Å². The Balaban J connectivity index is 2.01. The molecule has 0 saturated heterocycles. The van der Waals surface area contributed by atoms with Gasteiger partial charge in [0.15, 0.2) is 5.43 Å². The number of fused-ring (bicyclic) bond motifs is 5. The van der Waals surface area contributed by atoms with Gasteiger partial charge >= 0.3 is 5.97 Å². The van der Waals surface area contributed by atoms with Crippen LogP contribution in [0.3, 0.4) is 0 Å². The maximum atomic E-state index is 12.6. The van der Waals surface area contributed by atoms with Gasteiger partial charge in [0.05, 0.1) is 24.0 Å². The highest BCUT2D eigenvalue weighted by molar-refractivity contribution is 5.96. The molecule has 4 rings (SSSR count). The molecule has 0 radical (unpaired) electrons. The van der Waals surface area contributed by atoms with Crippen molar-refractivity contribution in [2.75, 3.05) is 13.3 Å². The molecule has 8 heteroatoms. The molecule has 1 aliphatic heterocycles. The lowest BCUT2D eigenvalue weighted by atomic mass is 9.85. The van der Waals surface area contributed by atoms with Gasteiger partial charge in [0.2, 0.25) is 0 Å². The number of rotatable bonds is 4. The summed E-state index contributed by atoms with van der Waals surface area (Å²) in [5.74, 6) is -0.769. The van der Waals surface area contributed by atoms with Crippen molar-refractivity contribution in [3.05, 3.63) is 46.2 Å². The van der Waals surface area contributed by atoms with Crippen LogP contribution in [0.5, 0.6) is 5.75 Å². The smallest absolute Gasteiger partial charge is 0.341 e. The highest BCUT2D eigenvalue weighted by Crippen LogP contribution is 2.42. The Morgan fingerprint density at radius 1 is 1.38 bits per heavy atom. The summed E-state index contributed by atoms with van der Waals surface area (Å²) in [5, 5.41) is 14.9. The number of carbonyl (C=O) groups is 1. The molecule has 152 valence electrons. The van der Waals surface area contributed by atoms with Gasteiger partial charge in [-0.25, -0.2) is 9.18 Å². The third kappa shape index (κ3) is 3.08. The second-order valence-corrected chi connectivity index (χ2v) is 8.25. The number of hydrogen-bond donors (Lipinski definition) is 1. The third-order valence-corrected chi connectivity index (χ3v) is 5.30. The van der Waals surface area contributed by atoms with E-state index in [2.05, 4.69) is 20.8 Å². The number of carboxylic acid groups (broad SMARTS) is 1. The van der Waals surface area contributed by atoms with Crippen molar-refractivity contribution < 1.29 is 19.0 Å². The van der Waals surface area contributed by atoms with Crippen molar-refractivity contribution in [3.8, 4) is 17.1 Å². The van der Waals surface area contributed by atoms with Gasteiger partial charge in [-0.15, -0.1) is 0 Å². The van der Waals surface area contributed by atoms with Gasteiger partial charge in [-0.1, -0.05) is 32.9 Å². The van der Waals surface area contributed by atoms with Crippen LogP contribution in [0.15, 0.2) is 35.3 Å². The summed E-state index contributed by atoms with van der Waals surface area (Å²) in [7, 11) is 0. The summed E-state index contributed by atoms with van der Waals surface area (Å²) in [6, 6.07) is 6.64. The molecule has 0 bridgehead atoms. The monoisotopic (exact) mass is 399 g/mol. The Bertz CT molecular complexity index is 1170. The van der Waals surface area contributed by atoms with E-state index in [4.69, 9.17) is 9.84 Å². The lowest BCUT2D eigenvalue weighted by Gasteiger charge is -2.38. The lowest BCUT2D eigenvalue weighted by Crippen LogP contribution is -2.35. The summed E-state index contributed by atoms with van der Waals surface area (Å²) >= 11 is 0. The highest BCUT2D eigenvalue weighted by atomic mass is 19.1. The fourth-order valence-electron chi connectivity index (χ4n) is 3.89. The summed E-state index contributed by atoms with van der Waals surface area (Å²) in [5.41, 5.74) is 0.892. The van der Waals surface area contributed by atoms with E-state index < -0.39 is 18.1 Å². The van der Waals surface area contributed by atoms with Crippen LogP contribution in [0, 0.1) is 5.41 Å². The maximum absolute atomic E-state index is 12.6. The Labute approximate surface area is 166 Å². The van der Waals surface area contributed by atoms with Crippen LogP contribution in [0.4, 0.5) is 4.39 Å². The van der Waals surface area contributed by atoms with Crippen LogP contribution in [-0.4, -0.2) is 38.7 Å². The third-order valence-electron chi connectivity index (χ3n) is 5.30. The molecule has 0 aliphatic carbocycles. The van der Waals surface area contributed by atoms with Crippen LogP contribution >= 0.6 is 0 Å². The molecular formula is C21H22FN3O4. The molecule has 1 atom stereocenters. The Morgan fingerprint density at radius 3 is 2.79 bits per heavy atom. The minimum atomic E-state index is -1.25. The second kappa shape index (κ2) is 6.72. The first-order valence-corrected chi connectivity index (χ1v) is 9.40. The molecular weight excluding hydrogens is 377 g/mol. The first-order valence-electron chi connectivity index (χ1n) is 9.40. The van der Waals surface area contributed by atoms with Crippen LogP contribution in [-0.2, 0) is 6.54 Å². The van der Waals surface area contributed by atoms with Gasteiger partial charge < -0.3 is 14.4 Å². The van der Waals surface area contributed by atoms with E-state index in [0.717, 1.165) is 11.1 Å². The second-order valence-electron chi connectivity index (χ2n) is 8.25. The number of aromatic carboxylic acids is 1. The van der Waals surface area contributed by atoms with Crippen LogP contribution in [0.1, 0.15) is 37.2 Å². The molecule has 2 aromatic heterocycles. The first kappa shape index (κ1) is 19.2. The standard InChI is InChI=1S/C21H22FN3O4/c1-21(2,3)17-11-25-19(14-9-15(26)13(20(27)28)10-24(14)17)12-5-4-6-16(18(12)23-25)29-8-7-22/h4-6,9-10,17H,7-8,11H2,1-3H3,(H,27,28). The number of alkyl halides is 1. The molecule has 0 saturated carbocycles. The number of halogens is 1. The fourth-order valence-corrected chi connectivity index (χ4v) is 3.89. The van der Waals surface area contributed by atoms with E-state index in [0.29, 0.717) is 23.5 Å². The molecule has 0 spiro atoms. The SMILES string of the molecule is CC(C)(C)C1Cn2nc3c(OCCF)cccc3c2-c2cc(=O)c(C(=O)O)cn21. The predicted octanol–water partition coefficient (Wildman–Crippen LogP) is 3.51. The van der Waals surface area contributed by atoms with Crippen molar-refractivity contribution >= 4 is 16.9 Å². The largest absolute Gasteiger partial charge is 0.489 e. The van der Waals surface area contributed by atoms with E-state index in [9.17, 15) is 19.1 Å². The normalized spacial score (nSPS) is 15.8. The van der Waals surface area contributed by atoms with Crippen molar-refractivity contribution in [1.29, 1.82) is 0 Å². The Hall–Kier alpha value is -3.16. The summed E-state index contributed by atoms with van der Waals surface area (Å²) in [4.78, 5) is 24.0. The Morgan fingerprint density at radius 2 is 2.14 bits per heavy atom. The minimum Gasteiger partial charge on any atom is -0.489 e.